The van der Waals surface area contributed by atoms with E-state index in [1.807, 2.05) is 32.0 Å². The highest BCUT2D eigenvalue weighted by atomic mass is 32.2. The Morgan fingerprint density at radius 2 is 1.83 bits per heavy atom. The van der Waals surface area contributed by atoms with E-state index in [0.29, 0.717) is 24.6 Å². The number of nitrogens with zero attached hydrogens (tertiary/aromatic N) is 2. The van der Waals surface area contributed by atoms with Gasteiger partial charge in [-0.25, -0.2) is 13.4 Å². The first-order valence-corrected chi connectivity index (χ1v) is 12.0. The molecule has 0 spiro atoms. The van der Waals surface area contributed by atoms with E-state index < -0.39 is 10.0 Å². The first kappa shape index (κ1) is 22.2. The van der Waals surface area contributed by atoms with Crippen molar-refractivity contribution in [2.24, 2.45) is 0 Å². The number of hydrogen-bond acceptors (Lipinski definition) is 6. The number of aromatic nitrogens is 1. The van der Waals surface area contributed by atoms with Crippen LogP contribution < -0.4 is 10.1 Å². The molecule has 0 saturated heterocycles. The zero-order chi connectivity index (χ0) is 21.7. The number of benzene rings is 2. The summed E-state index contributed by atoms with van der Waals surface area (Å²) < 4.78 is 32.6. The van der Waals surface area contributed by atoms with Crippen LogP contribution in [0.5, 0.6) is 5.75 Å². The zero-order valence-corrected chi connectivity index (χ0v) is 18.8. The number of hydrogen-bond donors (Lipinski definition) is 1. The summed E-state index contributed by atoms with van der Waals surface area (Å²) in [4.78, 5) is 17.0. The largest absolute Gasteiger partial charge is 0.497 e. The van der Waals surface area contributed by atoms with Gasteiger partial charge in [-0.15, -0.1) is 0 Å². The number of sulfonamides is 1. The van der Waals surface area contributed by atoms with Crippen LogP contribution in [0.15, 0.2) is 47.4 Å². The van der Waals surface area contributed by atoms with Crippen molar-refractivity contribution < 1.29 is 17.9 Å². The summed E-state index contributed by atoms with van der Waals surface area (Å²) in [5.74, 6) is 0.608. The van der Waals surface area contributed by atoms with E-state index >= 15 is 0 Å². The molecule has 30 heavy (non-hydrogen) atoms. The number of methoxy groups -OCH3 is 1. The maximum atomic E-state index is 12.5. The summed E-state index contributed by atoms with van der Waals surface area (Å²) in [6.07, 6.45) is 0.789. The number of anilines is 1. The SMILES string of the molecule is CCN(CC)S(=O)(=O)c1ccc(CCC(=O)Nc2nc3ccc(OC)cc3s2)cc1. The van der Waals surface area contributed by atoms with Crippen molar-refractivity contribution in [2.45, 2.75) is 31.6 Å². The molecule has 160 valence electrons. The van der Waals surface area contributed by atoms with Crippen LogP contribution in [0.2, 0.25) is 0 Å². The van der Waals surface area contributed by atoms with Crippen LogP contribution in [0, 0.1) is 0 Å². The van der Waals surface area contributed by atoms with Gasteiger partial charge in [-0.05, 0) is 42.3 Å². The summed E-state index contributed by atoms with van der Waals surface area (Å²) in [7, 11) is -1.86. The third-order valence-corrected chi connectivity index (χ3v) is 7.75. The summed E-state index contributed by atoms with van der Waals surface area (Å²) in [5.41, 5.74) is 1.71. The van der Waals surface area contributed by atoms with Gasteiger partial charge in [0.1, 0.15) is 5.75 Å². The molecule has 3 aromatic rings. The Kier molecular flexibility index (Phi) is 7.06. The number of fused-ring (bicyclic) bond motifs is 1. The van der Waals surface area contributed by atoms with Crippen LogP contribution in [0.3, 0.4) is 0 Å². The Morgan fingerprint density at radius 1 is 1.13 bits per heavy atom. The van der Waals surface area contributed by atoms with Crippen LogP contribution in [-0.4, -0.2) is 43.8 Å². The molecule has 0 fully saturated rings. The first-order chi connectivity index (χ1) is 14.4. The molecule has 0 saturated carbocycles. The van der Waals surface area contributed by atoms with Crippen molar-refractivity contribution in [2.75, 3.05) is 25.5 Å². The lowest BCUT2D eigenvalue weighted by Gasteiger charge is -2.18. The topological polar surface area (TPSA) is 88.6 Å². The molecular formula is C21H25N3O4S2. The summed E-state index contributed by atoms with van der Waals surface area (Å²) in [6.45, 7) is 4.49. The van der Waals surface area contributed by atoms with E-state index in [0.717, 1.165) is 21.5 Å². The number of amides is 1. The van der Waals surface area contributed by atoms with Crippen LogP contribution in [0.4, 0.5) is 5.13 Å². The maximum Gasteiger partial charge on any atom is 0.243 e. The van der Waals surface area contributed by atoms with Gasteiger partial charge < -0.3 is 10.1 Å². The Bertz CT molecular complexity index is 1120. The van der Waals surface area contributed by atoms with E-state index in [2.05, 4.69) is 10.3 Å². The Hall–Kier alpha value is -2.49. The standard InChI is InChI=1S/C21H25N3O4S2/c1-4-24(5-2)30(26,27)17-10-6-15(7-11-17)8-13-20(25)23-21-22-18-12-9-16(28-3)14-19(18)29-21/h6-7,9-12,14H,4-5,8,13H2,1-3H3,(H,22,23,25). The smallest absolute Gasteiger partial charge is 0.243 e. The molecule has 0 bridgehead atoms. The predicted molar refractivity (Wildman–Crippen MR) is 120 cm³/mol. The lowest BCUT2D eigenvalue weighted by Crippen LogP contribution is -2.30. The Balaban J connectivity index is 1.59. The average Bonchev–Trinajstić information content (AvgIpc) is 3.14. The second kappa shape index (κ2) is 9.55. The molecule has 0 unspecified atom stereocenters. The second-order valence-electron chi connectivity index (χ2n) is 6.63. The highest BCUT2D eigenvalue weighted by molar-refractivity contribution is 7.89. The first-order valence-electron chi connectivity index (χ1n) is 9.71. The Morgan fingerprint density at radius 3 is 2.47 bits per heavy atom. The van der Waals surface area contributed by atoms with Crippen molar-refractivity contribution in [1.82, 2.24) is 9.29 Å². The second-order valence-corrected chi connectivity index (χ2v) is 9.60. The van der Waals surface area contributed by atoms with Crippen molar-refractivity contribution in [3.63, 3.8) is 0 Å². The Labute approximate surface area is 180 Å². The molecule has 0 aliphatic carbocycles. The molecule has 2 aromatic carbocycles. The molecular weight excluding hydrogens is 422 g/mol. The van der Waals surface area contributed by atoms with Crippen molar-refractivity contribution >= 4 is 42.6 Å². The molecule has 9 heteroatoms. The molecule has 1 amide bonds. The highest BCUT2D eigenvalue weighted by Crippen LogP contribution is 2.29. The van der Waals surface area contributed by atoms with E-state index in [9.17, 15) is 13.2 Å². The molecule has 7 nitrogen and oxygen atoms in total. The van der Waals surface area contributed by atoms with E-state index in [1.165, 1.54) is 15.6 Å². The van der Waals surface area contributed by atoms with Crippen molar-refractivity contribution in [3.05, 3.63) is 48.0 Å². The number of aryl methyl sites for hydroxylation is 1. The average molecular weight is 448 g/mol. The van der Waals surface area contributed by atoms with Gasteiger partial charge >= 0.3 is 0 Å². The fraction of sp³-hybridized carbons (Fsp3) is 0.333. The number of thiazole rings is 1. The minimum absolute atomic E-state index is 0.138. The van der Waals surface area contributed by atoms with Crippen molar-refractivity contribution in [1.29, 1.82) is 0 Å². The molecule has 3 rings (SSSR count). The van der Waals surface area contributed by atoms with Gasteiger partial charge in [0.15, 0.2) is 5.13 Å². The fourth-order valence-electron chi connectivity index (χ4n) is 3.07. The minimum Gasteiger partial charge on any atom is -0.497 e. The van der Waals surface area contributed by atoms with Gasteiger partial charge in [-0.1, -0.05) is 37.3 Å². The summed E-state index contributed by atoms with van der Waals surface area (Å²) in [6, 6.07) is 12.3. The number of carbonyl (C=O) groups excluding carboxylic acids is 1. The van der Waals surface area contributed by atoms with Crippen LogP contribution in [-0.2, 0) is 21.2 Å². The van der Waals surface area contributed by atoms with Crippen LogP contribution in [0.25, 0.3) is 10.2 Å². The molecule has 0 radical (unpaired) electrons. The predicted octanol–water partition coefficient (Wildman–Crippen LogP) is 3.91. The van der Waals surface area contributed by atoms with Crippen LogP contribution in [0.1, 0.15) is 25.8 Å². The summed E-state index contributed by atoms with van der Waals surface area (Å²) in [5, 5.41) is 3.38. The normalized spacial score (nSPS) is 11.7. The van der Waals surface area contributed by atoms with E-state index in [-0.39, 0.29) is 17.2 Å². The van der Waals surface area contributed by atoms with Gasteiger partial charge in [0.25, 0.3) is 0 Å². The van der Waals surface area contributed by atoms with Gasteiger partial charge in [-0.2, -0.15) is 4.31 Å². The van der Waals surface area contributed by atoms with Gasteiger partial charge in [-0.3, -0.25) is 4.79 Å². The molecule has 1 aromatic heterocycles. The number of ether oxygens (including phenoxy) is 1. The number of nitrogens with one attached hydrogen (secondary N) is 1. The monoisotopic (exact) mass is 447 g/mol. The molecule has 1 heterocycles. The molecule has 1 N–H and O–H groups in total. The van der Waals surface area contributed by atoms with Crippen LogP contribution >= 0.6 is 11.3 Å². The third-order valence-electron chi connectivity index (χ3n) is 4.75. The van der Waals surface area contributed by atoms with E-state index in [4.69, 9.17) is 4.74 Å². The van der Waals surface area contributed by atoms with Crippen molar-refractivity contribution in [3.8, 4) is 5.75 Å². The minimum atomic E-state index is -3.47. The molecule has 0 aliphatic rings. The summed E-state index contributed by atoms with van der Waals surface area (Å²) >= 11 is 1.39. The van der Waals surface area contributed by atoms with E-state index in [1.54, 1.807) is 31.4 Å². The lowest BCUT2D eigenvalue weighted by molar-refractivity contribution is -0.116. The highest BCUT2D eigenvalue weighted by Gasteiger charge is 2.21. The fourth-order valence-corrected chi connectivity index (χ4v) is 5.43. The van der Waals surface area contributed by atoms with Gasteiger partial charge in [0, 0.05) is 19.5 Å². The lowest BCUT2D eigenvalue weighted by atomic mass is 10.1. The molecule has 0 aliphatic heterocycles. The molecule has 0 atom stereocenters. The number of rotatable bonds is 9. The van der Waals surface area contributed by atoms with Gasteiger partial charge in [0.05, 0.1) is 22.2 Å². The maximum absolute atomic E-state index is 12.5. The van der Waals surface area contributed by atoms with Gasteiger partial charge in [0.2, 0.25) is 15.9 Å². The number of carbonyl (C=O) groups is 1. The quantitative estimate of drug-likeness (QED) is 0.537. The third kappa shape index (κ3) is 4.97. The zero-order valence-electron chi connectivity index (χ0n) is 17.2.